The number of carbonyl (C=O) groups excluding carboxylic acids is 3. The summed E-state index contributed by atoms with van der Waals surface area (Å²) in [5, 5.41) is 16.1. The highest BCUT2D eigenvalue weighted by Gasteiger charge is 2.49. The predicted molar refractivity (Wildman–Crippen MR) is 109 cm³/mol. The van der Waals surface area contributed by atoms with Crippen molar-refractivity contribution in [2.24, 2.45) is 0 Å². The highest BCUT2D eigenvalue weighted by molar-refractivity contribution is 5.98. The van der Waals surface area contributed by atoms with E-state index in [1.807, 2.05) is 0 Å². The maximum Gasteiger partial charge on any atom is 0.410 e. The summed E-state index contributed by atoms with van der Waals surface area (Å²) >= 11 is 0. The number of nitrogens with one attached hydrogen (secondary N) is 2. The molecular formula is C21H29N3O5. The number of benzene rings is 1. The van der Waals surface area contributed by atoms with E-state index in [0.29, 0.717) is 5.69 Å². The van der Waals surface area contributed by atoms with Gasteiger partial charge in [0.15, 0.2) is 0 Å². The van der Waals surface area contributed by atoms with Gasteiger partial charge in [-0.1, -0.05) is 18.7 Å². The average Bonchev–Trinajstić information content (AvgIpc) is 2.58. The molecule has 0 saturated carbocycles. The van der Waals surface area contributed by atoms with Crippen molar-refractivity contribution in [2.75, 3.05) is 18.4 Å². The monoisotopic (exact) mass is 403 g/mol. The van der Waals surface area contributed by atoms with Crippen LogP contribution in [-0.2, 0) is 20.7 Å². The van der Waals surface area contributed by atoms with Crippen LogP contribution in [0.15, 0.2) is 36.9 Å². The maximum atomic E-state index is 12.3. The Morgan fingerprint density at radius 2 is 1.86 bits per heavy atom. The summed E-state index contributed by atoms with van der Waals surface area (Å²) in [6.07, 6.45) is 0.827. The number of ether oxygens (including phenoxy) is 1. The molecule has 1 aromatic carbocycles. The number of aliphatic hydroxyl groups is 1. The van der Waals surface area contributed by atoms with Crippen molar-refractivity contribution in [2.45, 2.75) is 51.4 Å². The summed E-state index contributed by atoms with van der Waals surface area (Å²) in [5.41, 5.74) is -0.416. The fraction of sp³-hybridized carbons (Fsp3) is 0.476. The summed E-state index contributed by atoms with van der Waals surface area (Å²) < 4.78 is 5.27. The Morgan fingerprint density at radius 3 is 2.38 bits per heavy atom. The number of nitrogens with zero attached hydrogens (tertiary/aromatic N) is 1. The first-order chi connectivity index (χ1) is 13.4. The van der Waals surface area contributed by atoms with Gasteiger partial charge in [0, 0.05) is 5.69 Å². The SMILES string of the molecule is C=CC(=O)Nc1ccc(CC(=O)NC(C)C2(O)CN(C(=O)OC(C)(C)C)C2)cc1. The molecule has 1 saturated heterocycles. The number of carbonyl (C=O) groups is 3. The Labute approximate surface area is 170 Å². The van der Waals surface area contributed by atoms with Crippen molar-refractivity contribution in [1.29, 1.82) is 0 Å². The highest BCUT2D eigenvalue weighted by atomic mass is 16.6. The molecule has 2 rings (SSSR count). The third-order valence-corrected chi connectivity index (χ3v) is 4.54. The van der Waals surface area contributed by atoms with E-state index < -0.39 is 23.3 Å². The molecule has 8 heteroatoms. The topological polar surface area (TPSA) is 108 Å². The number of hydrogen-bond donors (Lipinski definition) is 3. The summed E-state index contributed by atoms with van der Waals surface area (Å²) in [4.78, 5) is 37.0. The lowest BCUT2D eigenvalue weighted by molar-refractivity contribution is -0.133. The largest absolute Gasteiger partial charge is 0.444 e. The molecule has 1 aliphatic heterocycles. The van der Waals surface area contributed by atoms with E-state index in [0.717, 1.165) is 5.56 Å². The maximum absolute atomic E-state index is 12.3. The standard InChI is InChI=1S/C21H29N3O5/c1-6-17(25)23-16-9-7-15(8-10-16)11-18(26)22-14(2)21(28)12-24(13-21)19(27)29-20(3,4)5/h6-10,14,28H,1,11-13H2,2-5H3,(H,22,26)(H,23,25). The third kappa shape index (κ3) is 6.32. The molecule has 0 aromatic heterocycles. The molecule has 29 heavy (non-hydrogen) atoms. The van der Waals surface area contributed by atoms with Crippen LogP contribution in [0.2, 0.25) is 0 Å². The quantitative estimate of drug-likeness (QED) is 0.628. The Bertz CT molecular complexity index is 777. The van der Waals surface area contributed by atoms with Gasteiger partial charge >= 0.3 is 6.09 Å². The van der Waals surface area contributed by atoms with Crippen LogP contribution in [0.3, 0.4) is 0 Å². The van der Waals surface area contributed by atoms with Gasteiger partial charge in [0.05, 0.1) is 25.6 Å². The molecule has 3 N–H and O–H groups in total. The first-order valence-electron chi connectivity index (χ1n) is 9.44. The van der Waals surface area contributed by atoms with E-state index in [1.54, 1.807) is 52.0 Å². The lowest BCUT2D eigenvalue weighted by atomic mass is 9.87. The number of likely N-dealkylation sites (tertiary alicyclic amines) is 1. The van der Waals surface area contributed by atoms with Gasteiger partial charge in [-0.3, -0.25) is 9.59 Å². The summed E-state index contributed by atoms with van der Waals surface area (Å²) in [7, 11) is 0. The molecule has 1 heterocycles. The van der Waals surface area contributed by atoms with E-state index in [1.165, 1.54) is 11.0 Å². The number of amides is 3. The fourth-order valence-electron chi connectivity index (χ4n) is 2.86. The Balaban J connectivity index is 1.82. The second-order valence-electron chi connectivity index (χ2n) is 8.30. The van der Waals surface area contributed by atoms with Crippen molar-refractivity contribution in [3.8, 4) is 0 Å². The van der Waals surface area contributed by atoms with Crippen molar-refractivity contribution in [3.63, 3.8) is 0 Å². The van der Waals surface area contributed by atoms with Gasteiger partial charge in [0.2, 0.25) is 11.8 Å². The normalized spacial score (nSPS) is 16.2. The van der Waals surface area contributed by atoms with Crippen molar-refractivity contribution < 1.29 is 24.2 Å². The summed E-state index contributed by atoms with van der Waals surface area (Å²) in [6, 6.07) is 6.35. The molecule has 0 bridgehead atoms. The number of hydrogen-bond acceptors (Lipinski definition) is 5. The molecule has 0 radical (unpaired) electrons. The predicted octanol–water partition coefficient (Wildman–Crippen LogP) is 1.84. The van der Waals surface area contributed by atoms with Gasteiger partial charge in [0.25, 0.3) is 0 Å². The Morgan fingerprint density at radius 1 is 1.28 bits per heavy atom. The average molecular weight is 403 g/mol. The zero-order valence-electron chi connectivity index (χ0n) is 17.3. The van der Waals surface area contributed by atoms with Gasteiger partial charge in [0.1, 0.15) is 11.2 Å². The third-order valence-electron chi connectivity index (χ3n) is 4.54. The zero-order chi connectivity index (χ0) is 21.8. The first-order valence-corrected chi connectivity index (χ1v) is 9.44. The number of β-amino-alcohol motifs (C(OH)–C–C–N with tert-alkyl or cyclic N) is 1. The smallest absolute Gasteiger partial charge is 0.410 e. The molecule has 0 spiro atoms. The van der Waals surface area contributed by atoms with Crippen LogP contribution in [0.25, 0.3) is 0 Å². The Hall–Kier alpha value is -2.87. The van der Waals surface area contributed by atoms with Crippen LogP contribution in [0, 0.1) is 0 Å². The molecular weight excluding hydrogens is 374 g/mol. The minimum absolute atomic E-state index is 0.0983. The van der Waals surface area contributed by atoms with Crippen LogP contribution < -0.4 is 10.6 Å². The molecule has 1 unspecified atom stereocenters. The fourth-order valence-corrected chi connectivity index (χ4v) is 2.86. The van der Waals surface area contributed by atoms with Crippen LogP contribution in [-0.4, -0.2) is 58.2 Å². The van der Waals surface area contributed by atoms with E-state index in [2.05, 4.69) is 17.2 Å². The molecule has 8 nitrogen and oxygen atoms in total. The number of rotatable bonds is 6. The Kier molecular flexibility index (Phi) is 6.69. The van der Waals surface area contributed by atoms with E-state index in [9.17, 15) is 19.5 Å². The molecule has 1 fully saturated rings. The van der Waals surface area contributed by atoms with Gasteiger partial charge in [-0.15, -0.1) is 0 Å². The lowest BCUT2D eigenvalue weighted by Crippen LogP contribution is -2.71. The van der Waals surface area contributed by atoms with E-state index in [-0.39, 0.29) is 31.3 Å². The molecule has 158 valence electrons. The minimum Gasteiger partial charge on any atom is -0.444 e. The second-order valence-corrected chi connectivity index (χ2v) is 8.30. The molecule has 3 amide bonds. The van der Waals surface area contributed by atoms with Gasteiger partial charge < -0.3 is 25.4 Å². The van der Waals surface area contributed by atoms with Crippen molar-refractivity contribution in [3.05, 3.63) is 42.5 Å². The first kappa shape index (κ1) is 22.4. The number of anilines is 1. The van der Waals surface area contributed by atoms with Crippen molar-refractivity contribution in [1.82, 2.24) is 10.2 Å². The molecule has 0 aliphatic carbocycles. The van der Waals surface area contributed by atoms with E-state index in [4.69, 9.17) is 4.74 Å². The summed E-state index contributed by atoms with van der Waals surface area (Å²) in [5.74, 6) is -0.553. The van der Waals surface area contributed by atoms with E-state index >= 15 is 0 Å². The van der Waals surface area contributed by atoms with Crippen molar-refractivity contribution >= 4 is 23.6 Å². The van der Waals surface area contributed by atoms with Gasteiger partial charge in [-0.25, -0.2) is 4.79 Å². The van der Waals surface area contributed by atoms with Gasteiger partial charge in [-0.2, -0.15) is 0 Å². The zero-order valence-corrected chi connectivity index (χ0v) is 17.3. The molecule has 1 atom stereocenters. The van der Waals surface area contributed by atoms with Crippen LogP contribution in [0.4, 0.5) is 10.5 Å². The minimum atomic E-state index is -1.19. The summed E-state index contributed by atoms with van der Waals surface area (Å²) in [6.45, 7) is 10.6. The molecule has 1 aromatic rings. The highest BCUT2D eigenvalue weighted by Crippen LogP contribution is 2.26. The van der Waals surface area contributed by atoms with Crippen LogP contribution in [0.1, 0.15) is 33.3 Å². The van der Waals surface area contributed by atoms with Gasteiger partial charge in [-0.05, 0) is 51.5 Å². The lowest BCUT2D eigenvalue weighted by Gasteiger charge is -2.49. The molecule has 1 aliphatic rings. The van der Waals surface area contributed by atoms with Crippen LogP contribution in [0.5, 0.6) is 0 Å². The van der Waals surface area contributed by atoms with Crippen LogP contribution >= 0.6 is 0 Å². The second kappa shape index (κ2) is 8.65.